The van der Waals surface area contributed by atoms with Crippen molar-refractivity contribution in [3.05, 3.63) is 87.7 Å². The lowest BCUT2D eigenvalue weighted by atomic mass is 10.1. The van der Waals surface area contributed by atoms with Crippen LogP contribution >= 0.6 is 11.3 Å². The number of hydrogen-bond donors (Lipinski definition) is 0. The van der Waals surface area contributed by atoms with E-state index in [-0.39, 0.29) is 11.6 Å². The van der Waals surface area contributed by atoms with Crippen molar-refractivity contribution in [2.75, 3.05) is 11.4 Å². The fourth-order valence-corrected chi connectivity index (χ4v) is 4.55. The number of fused-ring (bicyclic) bond motifs is 1. The number of rotatable bonds is 7. The van der Waals surface area contributed by atoms with Gasteiger partial charge in [-0.1, -0.05) is 17.4 Å². The summed E-state index contributed by atoms with van der Waals surface area (Å²) in [5.41, 5.74) is 3.83. The predicted octanol–water partition coefficient (Wildman–Crippen LogP) is 4.76. The maximum absolute atomic E-state index is 13.1. The Kier molecular flexibility index (Phi) is 6.09. The third-order valence-electron chi connectivity index (χ3n) is 4.95. The van der Waals surface area contributed by atoms with Crippen molar-refractivity contribution in [3.63, 3.8) is 0 Å². The second kappa shape index (κ2) is 9.11. The second-order valence-electron chi connectivity index (χ2n) is 7.37. The molecule has 9 heteroatoms. The van der Waals surface area contributed by atoms with E-state index in [0.29, 0.717) is 23.8 Å². The van der Waals surface area contributed by atoms with Gasteiger partial charge in [0.2, 0.25) is 0 Å². The highest BCUT2D eigenvalue weighted by Crippen LogP contribution is 2.32. The molecule has 0 atom stereocenters. The first kappa shape index (κ1) is 21.4. The summed E-state index contributed by atoms with van der Waals surface area (Å²) < 4.78 is 2.80. The van der Waals surface area contributed by atoms with Crippen LogP contribution in [0.2, 0.25) is 0 Å². The van der Waals surface area contributed by atoms with Gasteiger partial charge in [0, 0.05) is 37.1 Å². The van der Waals surface area contributed by atoms with Gasteiger partial charge in [0.25, 0.3) is 11.6 Å². The third kappa shape index (κ3) is 4.73. The Morgan fingerprint density at radius 2 is 2.03 bits per heavy atom. The van der Waals surface area contributed by atoms with Gasteiger partial charge in [0.1, 0.15) is 0 Å². The van der Waals surface area contributed by atoms with E-state index in [1.807, 2.05) is 26.1 Å². The van der Waals surface area contributed by atoms with Gasteiger partial charge in [-0.3, -0.25) is 24.5 Å². The molecular weight excluding hydrogens is 426 g/mol. The molecule has 0 aliphatic rings. The van der Waals surface area contributed by atoms with Crippen LogP contribution in [0.1, 0.15) is 16.7 Å². The molecule has 8 nitrogen and oxygen atoms in total. The van der Waals surface area contributed by atoms with Crippen molar-refractivity contribution in [2.24, 2.45) is 0 Å². The molecule has 0 radical (unpaired) electrons. The second-order valence-corrected chi connectivity index (χ2v) is 8.38. The summed E-state index contributed by atoms with van der Waals surface area (Å²) in [6.45, 7) is 4.99. The van der Waals surface area contributed by atoms with Crippen LogP contribution < -0.4 is 4.90 Å². The lowest BCUT2D eigenvalue weighted by Crippen LogP contribution is -2.32. The minimum atomic E-state index is -0.452. The number of carbonyl (C=O) groups is 1. The zero-order valence-electron chi connectivity index (χ0n) is 17.6. The number of thiazole rings is 1. The maximum Gasteiger partial charge on any atom is 0.269 e. The Hall–Kier alpha value is -3.85. The number of nitro benzene ring substituents is 1. The number of aryl methyl sites for hydroxylation is 2. The molecule has 4 rings (SSSR count). The summed E-state index contributed by atoms with van der Waals surface area (Å²) in [4.78, 5) is 29.9. The SMILES string of the molecule is Cc1cc(C)c2nc(N(CCn3cccn3)C(=O)/C=C/c3ccc([N+](=O)[O-])cc3)sc2c1. The number of carbonyl (C=O) groups excluding carboxylic acids is 1. The highest BCUT2D eigenvalue weighted by Gasteiger charge is 2.19. The highest BCUT2D eigenvalue weighted by molar-refractivity contribution is 7.22. The standard InChI is InChI=1S/C23H21N5O3S/c1-16-14-17(2)22-20(15-16)32-23(25-22)27(13-12-26-11-3-10-24-26)21(29)9-6-18-4-7-19(8-5-18)28(30)31/h3-11,14-15H,12-13H2,1-2H3/b9-6+. The Bertz CT molecular complexity index is 1290. The molecule has 0 saturated heterocycles. The lowest BCUT2D eigenvalue weighted by Gasteiger charge is -2.18. The van der Waals surface area contributed by atoms with E-state index < -0.39 is 4.92 Å². The van der Waals surface area contributed by atoms with Gasteiger partial charge in [-0.25, -0.2) is 4.98 Å². The first-order valence-electron chi connectivity index (χ1n) is 10.00. The van der Waals surface area contributed by atoms with Crippen molar-refractivity contribution in [3.8, 4) is 0 Å². The van der Waals surface area contributed by atoms with Crippen LogP contribution in [-0.2, 0) is 11.3 Å². The van der Waals surface area contributed by atoms with Gasteiger partial charge in [0.15, 0.2) is 5.13 Å². The monoisotopic (exact) mass is 447 g/mol. The number of nitrogens with zero attached hydrogens (tertiary/aromatic N) is 5. The predicted molar refractivity (Wildman–Crippen MR) is 126 cm³/mol. The Labute approximate surface area is 188 Å². The van der Waals surface area contributed by atoms with Crippen LogP contribution in [0.3, 0.4) is 0 Å². The molecule has 2 aromatic carbocycles. The van der Waals surface area contributed by atoms with Gasteiger partial charge in [-0.15, -0.1) is 0 Å². The molecule has 0 spiro atoms. The summed E-state index contributed by atoms with van der Waals surface area (Å²) in [7, 11) is 0. The number of amides is 1. The van der Waals surface area contributed by atoms with E-state index in [1.54, 1.807) is 34.0 Å². The third-order valence-corrected chi connectivity index (χ3v) is 5.98. The van der Waals surface area contributed by atoms with Crippen LogP contribution in [-0.4, -0.2) is 32.1 Å². The van der Waals surface area contributed by atoms with Gasteiger partial charge in [-0.2, -0.15) is 5.10 Å². The first-order chi connectivity index (χ1) is 15.4. The molecule has 0 aliphatic heterocycles. The van der Waals surface area contributed by atoms with E-state index in [2.05, 4.69) is 17.2 Å². The van der Waals surface area contributed by atoms with Crippen LogP contribution in [0.5, 0.6) is 0 Å². The molecule has 0 saturated carbocycles. The number of nitro groups is 1. The molecular formula is C23H21N5O3S. The summed E-state index contributed by atoms with van der Waals surface area (Å²) in [5, 5.41) is 15.7. The van der Waals surface area contributed by atoms with Crippen molar-refractivity contribution < 1.29 is 9.72 Å². The molecule has 0 aliphatic carbocycles. The maximum atomic E-state index is 13.1. The first-order valence-corrected chi connectivity index (χ1v) is 10.8. The van der Waals surface area contributed by atoms with Crippen LogP contribution in [0.25, 0.3) is 16.3 Å². The Balaban J connectivity index is 1.61. The van der Waals surface area contributed by atoms with Crippen LogP contribution in [0.15, 0.2) is 60.9 Å². The van der Waals surface area contributed by atoms with Gasteiger partial charge in [-0.05, 0) is 60.9 Å². The van der Waals surface area contributed by atoms with Gasteiger partial charge >= 0.3 is 0 Å². The molecule has 2 aromatic heterocycles. The molecule has 2 heterocycles. The Morgan fingerprint density at radius 3 is 2.72 bits per heavy atom. The average Bonchev–Trinajstić information content (AvgIpc) is 3.43. The van der Waals surface area contributed by atoms with Crippen LogP contribution in [0, 0.1) is 24.0 Å². The summed E-state index contributed by atoms with van der Waals surface area (Å²) in [6, 6.07) is 12.0. The number of anilines is 1. The largest absolute Gasteiger partial charge is 0.283 e. The molecule has 0 unspecified atom stereocenters. The van der Waals surface area contributed by atoms with E-state index in [4.69, 9.17) is 4.98 Å². The molecule has 0 bridgehead atoms. The summed E-state index contributed by atoms with van der Waals surface area (Å²) in [6.07, 6.45) is 6.66. The number of non-ortho nitro benzene ring substituents is 1. The van der Waals surface area contributed by atoms with Crippen molar-refractivity contribution in [1.82, 2.24) is 14.8 Å². The Morgan fingerprint density at radius 1 is 1.25 bits per heavy atom. The van der Waals surface area contributed by atoms with E-state index in [0.717, 1.165) is 21.3 Å². The van der Waals surface area contributed by atoms with E-state index in [1.165, 1.54) is 29.5 Å². The normalized spacial score (nSPS) is 11.3. The fraction of sp³-hybridized carbons (Fsp3) is 0.174. The minimum absolute atomic E-state index is 0.00876. The van der Waals surface area contributed by atoms with Crippen LogP contribution in [0.4, 0.5) is 10.8 Å². The van der Waals surface area contributed by atoms with Crippen molar-refractivity contribution >= 4 is 44.4 Å². The highest BCUT2D eigenvalue weighted by atomic mass is 32.1. The van der Waals surface area contributed by atoms with Gasteiger partial charge < -0.3 is 0 Å². The topological polar surface area (TPSA) is 94.2 Å². The zero-order valence-corrected chi connectivity index (χ0v) is 18.5. The average molecular weight is 448 g/mol. The minimum Gasteiger partial charge on any atom is -0.283 e. The number of hydrogen-bond acceptors (Lipinski definition) is 6. The zero-order chi connectivity index (χ0) is 22.7. The molecule has 0 N–H and O–H groups in total. The summed E-state index contributed by atoms with van der Waals surface area (Å²) in [5.74, 6) is -0.219. The van der Waals surface area contributed by atoms with E-state index in [9.17, 15) is 14.9 Å². The van der Waals surface area contributed by atoms with Gasteiger partial charge in [0.05, 0.1) is 21.7 Å². The molecule has 1 amide bonds. The van der Waals surface area contributed by atoms with Crippen molar-refractivity contribution in [2.45, 2.75) is 20.4 Å². The quantitative estimate of drug-likeness (QED) is 0.231. The molecule has 4 aromatic rings. The smallest absolute Gasteiger partial charge is 0.269 e. The molecule has 32 heavy (non-hydrogen) atoms. The molecule has 162 valence electrons. The summed E-state index contributed by atoms with van der Waals surface area (Å²) >= 11 is 1.48. The molecule has 0 fully saturated rings. The number of aromatic nitrogens is 3. The fourth-order valence-electron chi connectivity index (χ4n) is 3.37. The van der Waals surface area contributed by atoms with Crippen molar-refractivity contribution in [1.29, 1.82) is 0 Å². The van der Waals surface area contributed by atoms with E-state index >= 15 is 0 Å². The number of benzene rings is 2. The lowest BCUT2D eigenvalue weighted by molar-refractivity contribution is -0.384.